The quantitative estimate of drug-likeness (QED) is 0.499. The van der Waals surface area contributed by atoms with Crippen LogP contribution >= 0.6 is 23.2 Å². The molecule has 0 saturated heterocycles. The van der Waals surface area contributed by atoms with Crippen LogP contribution in [0.25, 0.3) is 0 Å². The zero-order chi connectivity index (χ0) is 15.9. The lowest BCUT2D eigenvalue weighted by molar-refractivity contribution is 0.306. The topological polar surface area (TPSA) is 86.0 Å². The van der Waals surface area contributed by atoms with Crippen LogP contribution in [0.1, 0.15) is 11.1 Å². The minimum atomic E-state index is -0.123. The zero-order valence-electron chi connectivity index (χ0n) is 11.5. The second-order valence-electron chi connectivity index (χ2n) is 4.37. The van der Waals surface area contributed by atoms with Crippen LogP contribution in [0.5, 0.6) is 5.75 Å². The van der Waals surface area contributed by atoms with Crippen LogP contribution < -0.4 is 16.2 Å². The van der Waals surface area contributed by atoms with Gasteiger partial charge >= 0.3 is 0 Å². The number of benzene rings is 2. The minimum absolute atomic E-state index is 0.123. The molecule has 0 spiro atoms. The van der Waals surface area contributed by atoms with Gasteiger partial charge in [0, 0.05) is 15.6 Å². The van der Waals surface area contributed by atoms with Crippen molar-refractivity contribution in [2.45, 2.75) is 6.61 Å². The number of rotatable bonds is 5. The molecule has 0 aliphatic heterocycles. The summed E-state index contributed by atoms with van der Waals surface area (Å²) in [5, 5.41) is 8.55. The van der Waals surface area contributed by atoms with Crippen molar-refractivity contribution < 1.29 is 4.74 Å². The predicted octanol–water partition coefficient (Wildman–Crippen LogP) is 3.18. The molecule has 22 heavy (non-hydrogen) atoms. The fourth-order valence-electron chi connectivity index (χ4n) is 1.65. The smallest absolute Gasteiger partial charge is 0.211 e. The molecule has 0 radical (unpaired) electrons. The normalized spacial score (nSPS) is 10.6. The maximum atomic E-state index is 5.98. The van der Waals surface area contributed by atoms with E-state index in [0.29, 0.717) is 28.0 Å². The maximum Gasteiger partial charge on any atom is 0.211 e. The van der Waals surface area contributed by atoms with E-state index in [2.05, 4.69) is 10.2 Å². The van der Waals surface area contributed by atoms with E-state index in [0.717, 1.165) is 5.56 Å². The second kappa shape index (κ2) is 7.68. The van der Waals surface area contributed by atoms with Gasteiger partial charge in [0.05, 0.1) is 6.21 Å². The highest BCUT2D eigenvalue weighted by Gasteiger charge is 2.04. The van der Waals surface area contributed by atoms with E-state index in [9.17, 15) is 0 Å². The van der Waals surface area contributed by atoms with Crippen molar-refractivity contribution in [2.75, 3.05) is 0 Å². The lowest BCUT2D eigenvalue weighted by atomic mass is 10.2. The Morgan fingerprint density at radius 2 is 1.73 bits per heavy atom. The van der Waals surface area contributed by atoms with Crippen LogP contribution in [-0.2, 0) is 6.61 Å². The first-order chi connectivity index (χ1) is 10.5. The summed E-state index contributed by atoms with van der Waals surface area (Å²) in [6, 6.07) is 12.6. The van der Waals surface area contributed by atoms with Crippen LogP contribution in [0.2, 0.25) is 10.0 Å². The Bertz CT molecular complexity index is 695. The molecule has 0 bridgehead atoms. The van der Waals surface area contributed by atoms with Crippen LogP contribution in [0.15, 0.2) is 52.7 Å². The highest BCUT2D eigenvalue weighted by molar-refractivity contribution is 6.31. The summed E-state index contributed by atoms with van der Waals surface area (Å²) in [7, 11) is 0. The first-order valence-corrected chi connectivity index (χ1v) is 7.09. The number of hydrogen-bond acceptors (Lipinski definition) is 3. The van der Waals surface area contributed by atoms with Crippen LogP contribution in [0.4, 0.5) is 0 Å². The first kappa shape index (κ1) is 16.1. The first-order valence-electron chi connectivity index (χ1n) is 6.33. The molecule has 0 fully saturated rings. The molecule has 0 aliphatic carbocycles. The number of halogens is 2. The molecule has 2 aromatic carbocycles. The van der Waals surface area contributed by atoms with E-state index >= 15 is 0 Å². The number of hydrogen-bond donors (Lipinski definition) is 2. The van der Waals surface area contributed by atoms with Gasteiger partial charge in [0.1, 0.15) is 12.4 Å². The molecule has 2 aromatic rings. The molecule has 0 aromatic heterocycles. The van der Waals surface area contributed by atoms with Crippen molar-refractivity contribution in [3.63, 3.8) is 0 Å². The van der Waals surface area contributed by atoms with Crippen molar-refractivity contribution in [3.05, 3.63) is 63.6 Å². The van der Waals surface area contributed by atoms with Crippen molar-refractivity contribution >= 4 is 35.4 Å². The molecule has 7 heteroatoms. The van der Waals surface area contributed by atoms with E-state index in [-0.39, 0.29) is 5.96 Å². The molecule has 0 saturated carbocycles. The zero-order valence-corrected chi connectivity index (χ0v) is 13.1. The molecule has 0 aliphatic rings. The van der Waals surface area contributed by atoms with Gasteiger partial charge in [-0.1, -0.05) is 35.3 Å². The number of nitrogens with zero attached hydrogens (tertiary/aromatic N) is 2. The van der Waals surface area contributed by atoms with Crippen molar-refractivity contribution in [3.8, 4) is 5.75 Å². The molecular weight excluding hydrogens is 323 g/mol. The Hall–Kier alpha value is -2.24. The molecule has 0 atom stereocenters. The fraction of sp³-hybridized carbons (Fsp3) is 0.0667. The lowest BCUT2D eigenvalue weighted by Crippen LogP contribution is -2.21. The molecule has 2 rings (SSSR count). The second-order valence-corrected chi connectivity index (χ2v) is 5.24. The largest absolute Gasteiger partial charge is 0.488 e. The molecular formula is C15H14Cl2N4O. The SMILES string of the molecule is NC(N)=N/N=C/c1cc(Cl)ccc1OCc1ccc(Cl)cc1. The number of ether oxygens (including phenoxy) is 1. The van der Waals surface area contributed by atoms with Crippen molar-refractivity contribution in [2.24, 2.45) is 21.7 Å². The predicted molar refractivity (Wildman–Crippen MR) is 90.6 cm³/mol. The average molecular weight is 337 g/mol. The van der Waals surface area contributed by atoms with Gasteiger partial charge in [-0.3, -0.25) is 0 Å². The third-order valence-electron chi connectivity index (χ3n) is 2.65. The van der Waals surface area contributed by atoms with Crippen molar-refractivity contribution in [1.82, 2.24) is 0 Å². The Balaban J connectivity index is 2.14. The molecule has 114 valence electrons. The van der Waals surface area contributed by atoms with Gasteiger partial charge in [0.2, 0.25) is 5.96 Å². The van der Waals surface area contributed by atoms with Gasteiger partial charge in [0.15, 0.2) is 0 Å². The Morgan fingerprint density at radius 1 is 1.05 bits per heavy atom. The summed E-state index contributed by atoms with van der Waals surface area (Å²) in [5.74, 6) is 0.496. The Labute approximate surface area is 138 Å². The van der Waals surface area contributed by atoms with Crippen LogP contribution in [0, 0.1) is 0 Å². The van der Waals surface area contributed by atoms with Gasteiger partial charge in [-0.15, -0.1) is 5.10 Å². The molecule has 0 amide bonds. The van der Waals surface area contributed by atoms with Gasteiger partial charge in [-0.2, -0.15) is 5.10 Å². The maximum absolute atomic E-state index is 5.98. The van der Waals surface area contributed by atoms with Crippen molar-refractivity contribution in [1.29, 1.82) is 0 Å². The van der Waals surface area contributed by atoms with E-state index in [4.69, 9.17) is 39.4 Å². The van der Waals surface area contributed by atoms with Crippen LogP contribution in [-0.4, -0.2) is 12.2 Å². The third-order valence-corrected chi connectivity index (χ3v) is 3.14. The summed E-state index contributed by atoms with van der Waals surface area (Å²) in [4.78, 5) is 0. The highest BCUT2D eigenvalue weighted by Crippen LogP contribution is 2.23. The Morgan fingerprint density at radius 3 is 2.41 bits per heavy atom. The molecule has 0 unspecified atom stereocenters. The standard InChI is InChI=1S/C15H14Cl2N4O/c16-12-3-1-10(2-4-12)9-22-14-6-5-13(17)7-11(14)8-20-21-15(18)19/h1-8H,9H2,(H4,18,19,21)/b20-8+. The summed E-state index contributed by atoms with van der Waals surface area (Å²) < 4.78 is 5.77. The monoisotopic (exact) mass is 336 g/mol. The van der Waals surface area contributed by atoms with E-state index in [1.165, 1.54) is 6.21 Å². The number of guanidine groups is 1. The van der Waals surface area contributed by atoms with Gasteiger partial charge in [-0.05, 0) is 35.9 Å². The van der Waals surface area contributed by atoms with Crippen LogP contribution in [0.3, 0.4) is 0 Å². The number of nitrogens with two attached hydrogens (primary N) is 2. The van der Waals surface area contributed by atoms with Gasteiger partial charge < -0.3 is 16.2 Å². The van der Waals surface area contributed by atoms with E-state index < -0.39 is 0 Å². The molecule has 5 nitrogen and oxygen atoms in total. The summed E-state index contributed by atoms with van der Waals surface area (Å²) >= 11 is 11.8. The lowest BCUT2D eigenvalue weighted by Gasteiger charge is -2.09. The van der Waals surface area contributed by atoms with E-state index in [1.54, 1.807) is 18.2 Å². The Kier molecular flexibility index (Phi) is 5.63. The summed E-state index contributed by atoms with van der Waals surface area (Å²) in [6.07, 6.45) is 1.47. The highest BCUT2D eigenvalue weighted by atomic mass is 35.5. The fourth-order valence-corrected chi connectivity index (χ4v) is 1.96. The van der Waals surface area contributed by atoms with E-state index in [1.807, 2.05) is 24.3 Å². The molecule has 0 heterocycles. The molecule has 4 N–H and O–H groups in total. The summed E-state index contributed by atoms with van der Waals surface area (Å²) in [6.45, 7) is 0.391. The minimum Gasteiger partial charge on any atom is -0.488 e. The van der Waals surface area contributed by atoms with Gasteiger partial charge in [0.25, 0.3) is 0 Å². The average Bonchev–Trinajstić information content (AvgIpc) is 2.48. The van der Waals surface area contributed by atoms with Gasteiger partial charge in [-0.25, -0.2) is 0 Å². The third kappa shape index (κ3) is 4.95. The summed E-state index contributed by atoms with van der Waals surface area (Å²) in [5.41, 5.74) is 12.1.